The minimum Gasteiger partial charge on any atom is -0.300 e. The van der Waals surface area contributed by atoms with E-state index in [1.165, 1.54) is 38.5 Å². The molecule has 0 saturated carbocycles. The van der Waals surface area contributed by atoms with Gasteiger partial charge >= 0.3 is 0 Å². The molecule has 0 aromatic carbocycles. The van der Waals surface area contributed by atoms with Crippen molar-refractivity contribution >= 4 is 0 Å². The monoisotopic (exact) mass is 225 g/mol. The first-order valence-electron chi connectivity index (χ1n) is 7.03. The highest BCUT2D eigenvalue weighted by Crippen LogP contribution is 2.19. The molecular weight excluding hydrogens is 194 g/mol. The molecule has 0 bridgehead atoms. The number of nitrogens with zero attached hydrogens (tertiary/aromatic N) is 1. The topological polar surface area (TPSA) is 3.24 Å². The van der Waals surface area contributed by atoms with Crippen molar-refractivity contribution in [1.29, 1.82) is 0 Å². The van der Waals surface area contributed by atoms with Crippen LogP contribution in [-0.2, 0) is 0 Å². The molecule has 1 unspecified atom stereocenters. The van der Waals surface area contributed by atoms with Crippen molar-refractivity contribution in [2.24, 2.45) is 0 Å². The third-order valence-corrected chi connectivity index (χ3v) is 3.57. The van der Waals surface area contributed by atoms with Crippen LogP contribution < -0.4 is 0 Å². The molecule has 0 aromatic rings. The largest absolute Gasteiger partial charge is 0.300 e. The third kappa shape index (κ3) is 5.69. The zero-order chi connectivity index (χ0) is 12.4. The molecule has 0 amide bonds. The molecular formula is C15H31N. The zero-order valence-electron chi connectivity index (χ0n) is 11.8. The Kier molecular flexibility index (Phi) is 9.71. The van der Waals surface area contributed by atoms with E-state index in [4.69, 9.17) is 0 Å². The van der Waals surface area contributed by atoms with E-state index in [1.807, 2.05) is 6.08 Å². The Bertz CT molecular complexity index is 159. The average molecular weight is 225 g/mol. The second kappa shape index (κ2) is 9.89. The van der Waals surface area contributed by atoms with Crippen LogP contribution in [0.15, 0.2) is 12.7 Å². The second-order valence-corrected chi connectivity index (χ2v) is 4.82. The van der Waals surface area contributed by atoms with E-state index in [9.17, 15) is 0 Å². The molecule has 0 aromatic heterocycles. The highest BCUT2D eigenvalue weighted by molar-refractivity contribution is 4.78. The summed E-state index contributed by atoms with van der Waals surface area (Å²) in [6.07, 6.45) is 11.0. The number of allylic oxidation sites excluding steroid dienone is 1. The van der Waals surface area contributed by atoms with E-state index in [2.05, 4.69) is 39.3 Å². The van der Waals surface area contributed by atoms with Crippen LogP contribution in [0, 0.1) is 0 Å². The molecule has 16 heavy (non-hydrogen) atoms. The van der Waals surface area contributed by atoms with Crippen molar-refractivity contribution in [1.82, 2.24) is 4.90 Å². The summed E-state index contributed by atoms with van der Waals surface area (Å²) < 4.78 is 0. The van der Waals surface area contributed by atoms with E-state index >= 15 is 0 Å². The van der Waals surface area contributed by atoms with Gasteiger partial charge in [0.15, 0.2) is 0 Å². The third-order valence-electron chi connectivity index (χ3n) is 3.57. The predicted molar refractivity (Wildman–Crippen MR) is 74.9 cm³/mol. The molecule has 0 aliphatic carbocycles. The van der Waals surface area contributed by atoms with Crippen molar-refractivity contribution < 1.29 is 0 Å². The highest BCUT2D eigenvalue weighted by atomic mass is 15.2. The molecule has 0 aliphatic heterocycles. The Morgan fingerprint density at radius 2 is 1.56 bits per heavy atom. The minimum atomic E-state index is 0.737. The van der Waals surface area contributed by atoms with Gasteiger partial charge in [0.2, 0.25) is 0 Å². The van der Waals surface area contributed by atoms with Gasteiger partial charge in [0.05, 0.1) is 0 Å². The maximum absolute atomic E-state index is 3.83. The molecule has 0 aliphatic rings. The lowest BCUT2D eigenvalue weighted by Crippen LogP contribution is -2.39. The van der Waals surface area contributed by atoms with Gasteiger partial charge in [0, 0.05) is 12.1 Å². The normalized spacial score (nSPS) is 13.4. The van der Waals surface area contributed by atoms with Gasteiger partial charge in [-0.1, -0.05) is 39.7 Å². The number of hydrogen-bond acceptors (Lipinski definition) is 1. The molecule has 1 heteroatoms. The molecule has 0 fully saturated rings. The van der Waals surface area contributed by atoms with Crippen molar-refractivity contribution in [3.63, 3.8) is 0 Å². The van der Waals surface area contributed by atoms with Crippen LogP contribution in [0.2, 0.25) is 0 Å². The fraction of sp³-hybridized carbons (Fsp3) is 0.867. The SMILES string of the molecule is C=CCCC(CC)N(C)C(CCC)CCC. The van der Waals surface area contributed by atoms with Gasteiger partial charge in [-0.25, -0.2) is 0 Å². The van der Waals surface area contributed by atoms with E-state index in [1.54, 1.807) is 0 Å². The average Bonchev–Trinajstić information content (AvgIpc) is 2.29. The molecule has 96 valence electrons. The Morgan fingerprint density at radius 3 is 1.94 bits per heavy atom. The molecule has 0 spiro atoms. The maximum Gasteiger partial charge on any atom is 0.00954 e. The first-order chi connectivity index (χ1) is 7.71. The fourth-order valence-electron chi connectivity index (χ4n) is 2.52. The smallest absolute Gasteiger partial charge is 0.00954 e. The lowest BCUT2D eigenvalue weighted by atomic mass is 10.00. The lowest BCUT2D eigenvalue weighted by molar-refractivity contribution is 0.143. The molecule has 0 radical (unpaired) electrons. The first kappa shape index (κ1) is 15.7. The summed E-state index contributed by atoms with van der Waals surface area (Å²) in [6, 6.07) is 1.52. The molecule has 0 heterocycles. The highest BCUT2D eigenvalue weighted by Gasteiger charge is 2.19. The standard InChI is InChI=1S/C15H31N/c1-6-10-13-14(9-4)16(5)15(11-7-2)12-8-3/h6,14-15H,1,7-13H2,2-5H3. The molecule has 0 N–H and O–H groups in total. The summed E-state index contributed by atoms with van der Waals surface area (Å²) in [4.78, 5) is 2.62. The van der Waals surface area contributed by atoms with Crippen molar-refractivity contribution in [2.75, 3.05) is 7.05 Å². The van der Waals surface area contributed by atoms with E-state index < -0.39 is 0 Å². The van der Waals surface area contributed by atoms with Crippen LogP contribution in [0.4, 0.5) is 0 Å². The van der Waals surface area contributed by atoms with Gasteiger partial charge in [-0.15, -0.1) is 6.58 Å². The summed E-state index contributed by atoms with van der Waals surface area (Å²) in [6.45, 7) is 10.7. The first-order valence-corrected chi connectivity index (χ1v) is 7.03. The molecule has 1 nitrogen and oxygen atoms in total. The van der Waals surface area contributed by atoms with E-state index in [0.717, 1.165) is 18.5 Å². The van der Waals surface area contributed by atoms with Crippen molar-refractivity contribution in [3.8, 4) is 0 Å². The van der Waals surface area contributed by atoms with Gasteiger partial charge in [-0.05, 0) is 39.2 Å². The van der Waals surface area contributed by atoms with Crippen LogP contribution >= 0.6 is 0 Å². The maximum atomic E-state index is 3.83. The summed E-state index contributed by atoms with van der Waals surface area (Å²) in [7, 11) is 2.31. The Morgan fingerprint density at radius 1 is 1.00 bits per heavy atom. The fourth-order valence-corrected chi connectivity index (χ4v) is 2.52. The molecule has 0 saturated heterocycles. The van der Waals surface area contributed by atoms with Gasteiger partial charge in [-0.2, -0.15) is 0 Å². The van der Waals surface area contributed by atoms with Crippen LogP contribution in [-0.4, -0.2) is 24.0 Å². The second-order valence-electron chi connectivity index (χ2n) is 4.82. The van der Waals surface area contributed by atoms with Crippen LogP contribution in [0.1, 0.15) is 65.7 Å². The van der Waals surface area contributed by atoms with Crippen LogP contribution in [0.5, 0.6) is 0 Å². The van der Waals surface area contributed by atoms with E-state index in [0.29, 0.717) is 0 Å². The van der Waals surface area contributed by atoms with E-state index in [-0.39, 0.29) is 0 Å². The molecule has 1 atom stereocenters. The quantitative estimate of drug-likeness (QED) is 0.490. The zero-order valence-corrected chi connectivity index (χ0v) is 11.8. The number of hydrogen-bond donors (Lipinski definition) is 0. The summed E-state index contributed by atoms with van der Waals surface area (Å²) in [5.74, 6) is 0. The molecule has 0 rings (SSSR count). The Labute approximate surface area is 103 Å². The summed E-state index contributed by atoms with van der Waals surface area (Å²) >= 11 is 0. The van der Waals surface area contributed by atoms with Crippen LogP contribution in [0.3, 0.4) is 0 Å². The van der Waals surface area contributed by atoms with Crippen LogP contribution in [0.25, 0.3) is 0 Å². The van der Waals surface area contributed by atoms with Gasteiger partial charge in [0.25, 0.3) is 0 Å². The van der Waals surface area contributed by atoms with Gasteiger partial charge in [-0.3, -0.25) is 0 Å². The van der Waals surface area contributed by atoms with Gasteiger partial charge in [0.1, 0.15) is 0 Å². The number of rotatable bonds is 10. The van der Waals surface area contributed by atoms with Crippen molar-refractivity contribution in [2.45, 2.75) is 77.8 Å². The van der Waals surface area contributed by atoms with Gasteiger partial charge < -0.3 is 4.90 Å². The summed E-state index contributed by atoms with van der Waals surface area (Å²) in [5, 5.41) is 0. The lowest BCUT2D eigenvalue weighted by Gasteiger charge is -2.34. The van der Waals surface area contributed by atoms with Crippen molar-refractivity contribution in [3.05, 3.63) is 12.7 Å². The Balaban J connectivity index is 4.27. The Hall–Kier alpha value is -0.300. The summed E-state index contributed by atoms with van der Waals surface area (Å²) in [5.41, 5.74) is 0. The predicted octanol–water partition coefficient (Wildman–Crippen LogP) is 4.63. The minimum absolute atomic E-state index is 0.737.